The molecule has 0 spiro atoms. The van der Waals surface area contributed by atoms with Gasteiger partial charge in [0.25, 0.3) is 0 Å². The van der Waals surface area contributed by atoms with Crippen molar-refractivity contribution in [3.8, 4) is 0 Å². The molecule has 160 valence electrons. The van der Waals surface area contributed by atoms with Crippen LogP contribution in [0.4, 0.5) is 0 Å². The van der Waals surface area contributed by atoms with Crippen LogP contribution in [0.2, 0.25) is 0 Å². The van der Waals surface area contributed by atoms with Crippen molar-refractivity contribution >= 4 is 5.91 Å². The lowest BCUT2D eigenvalue weighted by atomic mass is 10.1. The van der Waals surface area contributed by atoms with Crippen LogP contribution in [-0.2, 0) is 24.4 Å². The molecule has 1 heterocycles. The topological polar surface area (TPSA) is 45.2 Å². The van der Waals surface area contributed by atoms with Crippen molar-refractivity contribution in [3.63, 3.8) is 0 Å². The van der Waals surface area contributed by atoms with Crippen molar-refractivity contribution in [2.75, 3.05) is 0 Å². The van der Waals surface area contributed by atoms with E-state index in [0.717, 1.165) is 22.4 Å². The van der Waals surface area contributed by atoms with Gasteiger partial charge in [0.15, 0.2) is 0 Å². The summed E-state index contributed by atoms with van der Waals surface area (Å²) in [6, 6.07) is 35.7. The average molecular weight is 422 g/mol. The lowest BCUT2D eigenvalue weighted by molar-refractivity contribution is -0.127. The minimum absolute atomic E-state index is 0.0561. The molecule has 1 unspecified atom stereocenters. The molecular weight excluding hydrogens is 394 g/mol. The number of amides is 1. The molecule has 0 saturated heterocycles. The van der Waals surface area contributed by atoms with E-state index in [1.807, 2.05) is 84.9 Å². The predicted molar refractivity (Wildman–Crippen MR) is 127 cm³/mol. The number of pyridine rings is 1. The van der Waals surface area contributed by atoms with Gasteiger partial charge in [-0.05, 0) is 28.8 Å². The Bertz CT molecular complexity index is 1050. The number of nitrogens with one attached hydrogen (secondary N) is 1. The number of carbonyl (C=O) groups is 1. The molecule has 4 rings (SSSR count). The summed E-state index contributed by atoms with van der Waals surface area (Å²) in [6.07, 6.45) is 1.75. The van der Waals surface area contributed by atoms with Crippen LogP contribution in [0.25, 0.3) is 0 Å². The third-order valence-corrected chi connectivity index (χ3v) is 5.35. The lowest BCUT2D eigenvalue weighted by Gasteiger charge is -2.31. The molecule has 0 saturated carbocycles. The second-order valence-corrected chi connectivity index (χ2v) is 7.74. The van der Waals surface area contributed by atoms with Crippen molar-refractivity contribution < 1.29 is 4.79 Å². The molecule has 0 radical (unpaired) electrons. The first kappa shape index (κ1) is 21.5. The van der Waals surface area contributed by atoms with E-state index < -0.39 is 6.04 Å². The SMILES string of the molecule is O=C(NCc1ccccc1)C(c1ccccn1)N(Cc1ccccc1)Cc1ccccc1. The highest BCUT2D eigenvalue weighted by Gasteiger charge is 2.29. The van der Waals surface area contributed by atoms with Crippen LogP contribution in [-0.4, -0.2) is 15.8 Å². The van der Waals surface area contributed by atoms with Gasteiger partial charge in [0.2, 0.25) is 5.91 Å². The Kier molecular flexibility index (Phi) is 7.40. The summed E-state index contributed by atoms with van der Waals surface area (Å²) in [4.78, 5) is 20.3. The zero-order chi connectivity index (χ0) is 22.0. The molecule has 32 heavy (non-hydrogen) atoms. The fourth-order valence-corrected chi connectivity index (χ4v) is 3.78. The maximum Gasteiger partial charge on any atom is 0.243 e. The van der Waals surface area contributed by atoms with Crippen LogP contribution in [0.5, 0.6) is 0 Å². The first-order valence-corrected chi connectivity index (χ1v) is 10.8. The molecule has 0 bridgehead atoms. The molecule has 3 aromatic carbocycles. The highest BCUT2D eigenvalue weighted by Crippen LogP contribution is 2.24. The fraction of sp³-hybridized carbons (Fsp3) is 0.143. The second-order valence-electron chi connectivity index (χ2n) is 7.74. The molecule has 1 atom stereocenters. The van der Waals surface area contributed by atoms with Gasteiger partial charge in [-0.15, -0.1) is 0 Å². The number of aromatic nitrogens is 1. The Balaban J connectivity index is 1.64. The van der Waals surface area contributed by atoms with Gasteiger partial charge in [0.05, 0.1) is 5.69 Å². The Morgan fingerprint density at radius 2 is 1.19 bits per heavy atom. The molecule has 0 aliphatic heterocycles. The summed E-state index contributed by atoms with van der Waals surface area (Å²) in [6.45, 7) is 1.75. The Labute approximate surface area is 189 Å². The summed E-state index contributed by atoms with van der Waals surface area (Å²) in [5.74, 6) is -0.0561. The van der Waals surface area contributed by atoms with Crippen molar-refractivity contribution in [1.82, 2.24) is 15.2 Å². The molecule has 1 N–H and O–H groups in total. The maximum absolute atomic E-state index is 13.5. The maximum atomic E-state index is 13.5. The van der Waals surface area contributed by atoms with E-state index in [1.165, 1.54) is 0 Å². The smallest absolute Gasteiger partial charge is 0.243 e. The molecule has 0 aliphatic rings. The number of carbonyl (C=O) groups excluding carboxylic acids is 1. The van der Waals surface area contributed by atoms with Crippen LogP contribution < -0.4 is 5.32 Å². The monoisotopic (exact) mass is 421 g/mol. The fourth-order valence-electron chi connectivity index (χ4n) is 3.78. The predicted octanol–water partition coefficient (Wildman–Crippen LogP) is 5.14. The first-order valence-electron chi connectivity index (χ1n) is 10.8. The Morgan fingerprint density at radius 3 is 1.69 bits per heavy atom. The Morgan fingerprint density at radius 1 is 0.688 bits per heavy atom. The van der Waals surface area contributed by atoms with Gasteiger partial charge >= 0.3 is 0 Å². The van der Waals surface area contributed by atoms with Crippen LogP contribution in [0.1, 0.15) is 28.4 Å². The van der Waals surface area contributed by atoms with Gasteiger partial charge in [-0.3, -0.25) is 14.7 Å². The highest BCUT2D eigenvalue weighted by atomic mass is 16.2. The van der Waals surface area contributed by atoms with Gasteiger partial charge in [-0.2, -0.15) is 0 Å². The van der Waals surface area contributed by atoms with Gasteiger partial charge in [0.1, 0.15) is 6.04 Å². The summed E-state index contributed by atoms with van der Waals surface area (Å²) in [5, 5.41) is 3.13. The minimum Gasteiger partial charge on any atom is -0.350 e. The molecule has 0 fully saturated rings. The molecule has 4 heteroatoms. The van der Waals surface area contributed by atoms with Crippen molar-refractivity contribution in [2.24, 2.45) is 0 Å². The summed E-state index contributed by atoms with van der Waals surface area (Å²) < 4.78 is 0. The quantitative estimate of drug-likeness (QED) is 0.407. The van der Waals surface area contributed by atoms with Gasteiger partial charge < -0.3 is 5.32 Å². The normalized spacial score (nSPS) is 11.8. The molecule has 0 aliphatic carbocycles. The minimum atomic E-state index is -0.514. The zero-order valence-electron chi connectivity index (χ0n) is 18.0. The standard InChI is InChI=1S/C28H27N3O/c32-28(30-20-23-12-4-1-5-13-23)27(26-18-10-11-19-29-26)31(21-24-14-6-2-7-15-24)22-25-16-8-3-9-17-25/h1-19,27H,20-22H2,(H,30,32). The zero-order valence-corrected chi connectivity index (χ0v) is 18.0. The van der Waals surface area contributed by atoms with Crippen LogP contribution >= 0.6 is 0 Å². The van der Waals surface area contributed by atoms with E-state index in [-0.39, 0.29) is 5.91 Å². The van der Waals surface area contributed by atoms with E-state index in [4.69, 9.17) is 0 Å². The van der Waals surface area contributed by atoms with Gasteiger partial charge in [-0.1, -0.05) is 97.1 Å². The summed E-state index contributed by atoms with van der Waals surface area (Å²) in [7, 11) is 0. The third kappa shape index (κ3) is 5.90. The van der Waals surface area contributed by atoms with Crippen molar-refractivity contribution in [2.45, 2.75) is 25.7 Å². The number of rotatable bonds is 9. The van der Waals surface area contributed by atoms with E-state index in [1.54, 1.807) is 6.20 Å². The number of hydrogen-bond donors (Lipinski definition) is 1. The molecule has 4 nitrogen and oxygen atoms in total. The van der Waals surface area contributed by atoms with E-state index in [0.29, 0.717) is 19.6 Å². The molecular formula is C28H27N3O. The van der Waals surface area contributed by atoms with Crippen LogP contribution in [0, 0.1) is 0 Å². The van der Waals surface area contributed by atoms with Crippen molar-refractivity contribution in [1.29, 1.82) is 0 Å². The summed E-state index contributed by atoms with van der Waals surface area (Å²) >= 11 is 0. The lowest BCUT2D eigenvalue weighted by Crippen LogP contribution is -2.40. The third-order valence-electron chi connectivity index (χ3n) is 5.35. The number of benzene rings is 3. The van der Waals surface area contributed by atoms with Gasteiger partial charge in [0, 0.05) is 25.8 Å². The van der Waals surface area contributed by atoms with E-state index >= 15 is 0 Å². The largest absolute Gasteiger partial charge is 0.350 e. The number of hydrogen-bond acceptors (Lipinski definition) is 3. The second kappa shape index (κ2) is 11.0. The summed E-state index contributed by atoms with van der Waals surface area (Å²) in [5.41, 5.74) is 4.11. The van der Waals surface area contributed by atoms with Crippen LogP contribution in [0.3, 0.4) is 0 Å². The van der Waals surface area contributed by atoms with Gasteiger partial charge in [-0.25, -0.2) is 0 Å². The van der Waals surface area contributed by atoms with Crippen LogP contribution in [0.15, 0.2) is 115 Å². The van der Waals surface area contributed by atoms with Crippen molar-refractivity contribution in [3.05, 3.63) is 138 Å². The Hall–Kier alpha value is -3.76. The average Bonchev–Trinajstić information content (AvgIpc) is 2.85. The molecule has 1 amide bonds. The molecule has 4 aromatic rings. The number of nitrogens with zero attached hydrogens (tertiary/aromatic N) is 2. The van der Waals surface area contributed by atoms with E-state index in [2.05, 4.69) is 39.5 Å². The first-order chi connectivity index (χ1) is 15.8. The molecule has 1 aromatic heterocycles. The van der Waals surface area contributed by atoms with E-state index in [9.17, 15) is 4.79 Å². The highest BCUT2D eigenvalue weighted by molar-refractivity contribution is 5.82.